The Hall–Kier alpha value is -2.98. The van der Waals surface area contributed by atoms with E-state index in [4.69, 9.17) is 0 Å². The molecule has 0 saturated carbocycles. The molecule has 0 radical (unpaired) electrons. The fraction of sp³-hybridized carbons (Fsp3) is 0.250. The number of hydrogen-bond acceptors (Lipinski definition) is 2. The highest BCUT2D eigenvalue weighted by atomic mass is 32.2. The largest absolute Gasteiger partial charge is 0.350 e. The van der Waals surface area contributed by atoms with Crippen LogP contribution in [0.3, 0.4) is 0 Å². The minimum atomic E-state index is 0.134. The molecule has 0 atom stereocenters. The Balaban J connectivity index is 1.31. The quantitative estimate of drug-likeness (QED) is 0.345. The van der Waals surface area contributed by atoms with Gasteiger partial charge in [-0.3, -0.25) is 4.79 Å². The van der Waals surface area contributed by atoms with E-state index in [1.54, 1.807) is 11.8 Å². The lowest BCUT2D eigenvalue weighted by Crippen LogP contribution is -2.39. The van der Waals surface area contributed by atoms with Crippen LogP contribution >= 0.6 is 11.8 Å². The summed E-state index contributed by atoms with van der Waals surface area (Å²) in [6, 6.07) is 29.4. The summed E-state index contributed by atoms with van der Waals surface area (Å²) in [6.45, 7) is 1.66. The monoisotopic (exact) mass is 440 g/mol. The van der Waals surface area contributed by atoms with Crippen molar-refractivity contribution in [3.63, 3.8) is 0 Å². The Labute approximate surface area is 193 Å². The minimum absolute atomic E-state index is 0.134. The third-order valence-corrected chi connectivity index (χ3v) is 7.56. The Bertz CT molecular complexity index is 1180. The highest BCUT2D eigenvalue weighted by molar-refractivity contribution is 7.98. The zero-order valence-electron chi connectivity index (χ0n) is 18.2. The molecule has 0 bridgehead atoms. The topological polar surface area (TPSA) is 36.1 Å². The molecular formula is C28H28N2OS. The normalized spacial score (nSPS) is 14.7. The molecule has 1 N–H and O–H groups in total. The summed E-state index contributed by atoms with van der Waals surface area (Å²) >= 11 is 1.75. The Morgan fingerprint density at radius 3 is 2.19 bits per heavy atom. The third kappa shape index (κ3) is 4.61. The lowest BCUT2D eigenvalue weighted by molar-refractivity contribution is 0.0682. The number of thioether (sulfide) groups is 1. The van der Waals surface area contributed by atoms with Crippen LogP contribution in [0.1, 0.15) is 34.5 Å². The molecule has 3 aromatic carbocycles. The maximum Gasteiger partial charge on any atom is 0.271 e. The number of likely N-dealkylation sites (tertiary alicyclic amines) is 1. The number of carbonyl (C=O) groups excluding carboxylic acids is 1. The maximum absolute atomic E-state index is 13.5. The molecule has 1 saturated heterocycles. The van der Waals surface area contributed by atoms with Gasteiger partial charge in [-0.15, -0.1) is 11.8 Å². The Morgan fingerprint density at radius 1 is 0.844 bits per heavy atom. The second-order valence-electron chi connectivity index (χ2n) is 8.57. The van der Waals surface area contributed by atoms with Gasteiger partial charge in [0.15, 0.2) is 0 Å². The van der Waals surface area contributed by atoms with Crippen molar-refractivity contribution in [2.45, 2.75) is 29.9 Å². The van der Waals surface area contributed by atoms with Crippen LogP contribution < -0.4 is 0 Å². The number of para-hydroxylation sites is 1. The Morgan fingerprint density at radius 2 is 1.47 bits per heavy atom. The molecule has 162 valence electrons. The molecule has 1 amide bonds. The van der Waals surface area contributed by atoms with Crippen molar-refractivity contribution in [2.24, 2.45) is 5.92 Å². The standard InChI is InChI=1S/C28H28N2OS/c31-28(30-17-15-22(16-18-30)19-21-9-3-1-4-10-21)26-27(24-13-7-8-14-25(24)29-26)32-20-23-11-5-2-6-12-23/h1-14,22,29H,15-20H2. The van der Waals surface area contributed by atoms with Crippen molar-refractivity contribution in [1.82, 2.24) is 9.88 Å². The molecule has 32 heavy (non-hydrogen) atoms. The minimum Gasteiger partial charge on any atom is -0.350 e. The smallest absolute Gasteiger partial charge is 0.271 e. The number of amides is 1. The lowest BCUT2D eigenvalue weighted by Gasteiger charge is -2.32. The van der Waals surface area contributed by atoms with Gasteiger partial charge in [-0.2, -0.15) is 0 Å². The average Bonchev–Trinajstić information content (AvgIpc) is 3.23. The molecule has 0 unspecified atom stereocenters. The summed E-state index contributed by atoms with van der Waals surface area (Å²) < 4.78 is 0. The third-order valence-electron chi connectivity index (χ3n) is 6.37. The molecule has 1 aromatic heterocycles. The van der Waals surface area contributed by atoms with Crippen LogP contribution in [0.25, 0.3) is 10.9 Å². The number of fused-ring (bicyclic) bond motifs is 1. The molecule has 0 spiro atoms. The summed E-state index contributed by atoms with van der Waals surface area (Å²) in [6.07, 6.45) is 3.23. The molecule has 1 aliphatic rings. The van der Waals surface area contributed by atoms with E-state index in [9.17, 15) is 4.79 Å². The van der Waals surface area contributed by atoms with Crippen molar-refractivity contribution in [1.29, 1.82) is 0 Å². The molecule has 1 fully saturated rings. The average molecular weight is 441 g/mol. The number of aromatic amines is 1. The van der Waals surface area contributed by atoms with Gasteiger partial charge in [0.25, 0.3) is 5.91 Å². The lowest BCUT2D eigenvalue weighted by atomic mass is 9.90. The van der Waals surface area contributed by atoms with Gasteiger partial charge < -0.3 is 9.88 Å². The van der Waals surface area contributed by atoms with Crippen molar-refractivity contribution in [2.75, 3.05) is 13.1 Å². The van der Waals surface area contributed by atoms with Crippen molar-refractivity contribution < 1.29 is 4.79 Å². The van der Waals surface area contributed by atoms with Crippen LogP contribution in [0.2, 0.25) is 0 Å². The molecule has 4 heteroatoms. The molecule has 2 heterocycles. The van der Waals surface area contributed by atoms with Crippen molar-refractivity contribution in [3.8, 4) is 0 Å². The van der Waals surface area contributed by atoms with E-state index in [2.05, 4.69) is 71.7 Å². The van der Waals surface area contributed by atoms with Gasteiger partial charge in [-0.05, 0) is 42.4 Å². The van der Waals surface area contributed by atoms with Crippen molar-refractivity contribution in [3.05, 3.63) is 102 Å². The highest BCUT2D eigenvalue weighted by Crippen LogP contribution is 2.35. The summed E-state index contributed by atoms with van der Waals surface area (Å²) in [5, 5.41) is 1.13. The number of nitrogens with one attached hydrogen (secondary N) is 1. The zero-order chi connectivity index (χ0) is 21.8. The predicted octanol–water partition coefficient (Wildman–Crippen LogP) is 6.56. The van der Waals surface area contributed by atoms with Crippen LogP contribution in [-0.4, -0.2) is 28.9 Å². The number of hydrogen-bond donors (Lipinski definition) is 1. The number of piperidine rings is 1. The summed E-state index contributed by atoms with van der Waals surface area (Å²) in [5.74, 6) is 1.63. The van der Waals surface area contributed by atoms with Gasteiger partial charge in [-0.1, -0.05) is 78.9 Å². The van der Waals surface area contributed by atoms with Gasteiger partial charge in [0, 0.05) is 34.6 Å². The SMILES string of the molecule is O=C(c1[nH]c2ccccc2c1SCc1ccccc1)N1CCC(Cc2ccccc2)CC1. The van der Waals surface area contributed by atoms with E-state index >= 15 is 0 Å². The molecule has 4 aromatic rings. The first kappa shape index (κ1) is 20.9. The van der Waals surface area contributed by atoms with E-state index in [1.165, 1.54) is 11.1 Å². The van der Waals surface area contributed by atoms with Gasteiger partial charge >= 0.3 is 0 Å². The fourth-order valence-electron chi connectivity index (χ4n) is 4.59. The van der Waals surface area contributed by atoms with Gasteiger partial charge in [0.2, 0.25) is 0 Å². The summed E-state index contributed by atoms with van der Waals surface area (Å²) in [5.41, 5.74) is 4.44. The number of H-pyrrole nitrogens is 1. The van der Waals surface area contributed by atoms with Gasteiger partial charge in [-0.25, -0.2) is 0 Å². The van der Waals surface area contributed by atoms with Crippen molar-refractivity contribution >= 4 is 28.6 Å². The van der Waals surface area contributed by atoms with E-state index in [-0.39, 0.29) is 5.91 Å². The van der Waals surface area contributed by atoms with Crippen LogP contribution in [0.15, 0.2) is 89.8 Å². The summed E-state index contributed by atoms with van der Waals surface area (Å²) in [4.78, 5) is 20.1. The fourth-order valence-corrected chi connectivity index (χ4v) is 5.71. The van der Waals surface area contributed by atoms with E-state index in [1.807, 2.05) is 23.1 Å². The second kappa shape index (κ2) is 9.66. The maximum atomic E-state index is 13.5. The van der Waals surface area contributed by atoms with E-state index in [0.717, 1.165) is 59.6 Å². The Kier molecular flexibility index (Phi) is 6.31. The number of rotatable bonds is 6. The van der Waals surface area contributed by atoms with Crippen LogP contribution in [0.5, 0.6) is 0 Å². The molecule has 3 nitrogen and oxygen atoms in total. The first-order valence-electron chi connectivity index (χ1n) is 11.4. The molecular weight excluding hydrogens is 412 g/mol. The molecule has 1 aliphatic heterocycles. The summed E-state index contributed by atoms with van der Waals surface area (Å²) in [7, 11) is 0. The molecule has 0 aliphatic carbocycles. The predicted molar refractivity (Wildman–Crippen MR) is 133 cm³/mol. The number of nitrogens with zero attached hydrogens (tertiary/aromatic N) is 1. The van der Waals surface area contributed by atoms with E-state index < -0.39 is 0 Å². The van der Waals surface area contributed by atoms with Gasteiger partial charge in [0.1, 0.15) is 5.69 Å². The highest BCUT2D eigenvalue weighted by Gasteiger charge is 2.27. The first-order valence-corrected chi connectivity index (χ1v) is 12.4. The van der Waals surface area contributed by atoms with E-state index in [0.29, 0.717) is 5.92 Å². The second-order valence-corrected chi connectivity index (χ2v) is 9.56. The van der Waals surface area contributed by atoms with Crippen LogP contribution in [-0.2, 0) is 12.2 Å². The first-order chi connectivity index (χ1) is 15.8. The van der Waals surface area contributed by atoms with Crippen LogP contribution in [0, 0.1) is 5.92 Å². The zero-order valence-corrected chi connectivity index (χ0v) is 19.0. The number of benzene rings is 3. The van der Waals surface area contributed by atoms with Crippen LogP contribution in [0.4, 0.5) is 0 Å². The molecule has 5 rings (SSSR count). The number of aromatic nitrogens is 1. The number of carbonyl (C=O) groups is 1. The van der Waals surface area contributed by atoms with Gasteiger partial charge in [0.05, 0.1) is 0 Å².